The second kappa shape index (κ2) is 5.25. The van der Waals surface area contributed by atoms with Crippen molar-refractivity contribution in [1.82, 2.24) is 0 Å². The molecule has 0 amide bonds. The Hall–Kier alpha value is -0.910. The average Bonchev–Trinajstić information content (AvgIpc) is 2.20. The molecule has 0 aliphatic heterocycles. The third-order valence-electron chi connectivity index (χ3n) is 2.00. The molecule has 0 saturated carbocycles. The summed E-state index contributed by atoms with van der Waals surface area (Å²) >= 11 is 3.34. The molecule has 1 aromatic rings. The number of aliphatic carboxylic acids is 1. The second-order valence-electron chi connectivity index (χ2n) is 3.10. The van der Waals surface area contributed by atoms with E-state index in [-0.39, 0.29) is 0 Å². The lowest BCUT2D eigenvalue weighted by Crippen LogP contribution is -2.20. The molecule has 0 aliphatic rings. The molecule has 3 N–H and O–H groups in total. The fourth-order valence-corrected chi connectivity index (χ4v) is 1.68. The van der Waals surface area contributed by atoms with E-state index in [4.69, 9.17) is 15.6 Å². The largest absolute Gasteiger partial charge is 0.480 e. The standard InChI is InChI=1S/C10H12BrNO3/c1-15-5-7-3-2-6(4-8(7)11)9(12)10(13)14/h2-4,9H,5,12H2,1H3,(H,13,14). The van der Waals surface area contributed by atoms with Gasteiger partial charge in [-0.25, -0.2) is 0 Å². The van der Waals surface area contributed by atoms with E-state index in [0.717, 1.165) is 10.0 Å². The molecular weight excluding hydrogens is 262 g/mol. The van der Waals surface area contributed by atoms with E-state index in [1.54, 1.807) is 25.3 Å². The lowest BCUT2D eigenvalue weighted by Gasteiger charge is -2.09. The van der Waals surface area contributed by atoms with Gasteiger partial charge < -0.3 is 15.6 Å². The van der Waals surface area contributed by atoms with Crippen LogP contribution in [0.15, 0.2) is 22.7 Å². The smallest absolute Gasteiger partial charge is 0.325 e. The van der Waals surface area contributed by atoms with Gasteiger partial charge >= 0.3 is 5.97 Å². The van der Waals surface area contributed by atoms with Crippen LogP contribution in [0, 0.1) is 0 Å². The number of carboxylic acids is 1. The highest BCUT2D eigenvalue weighted by Crippen LogP contribution is 2.22. The lowest BCUT2D eigenvalue weighted by molar-refractivity contribution is -0.138. The van der Waals surface area contributed by atoms with Gasteiger partial charge in [0, 0.05) is 11.6 Å². The maximum Gasteiger partial charge on any atom is 0.325 e. The Kier molecular flexibility index (Phi) is 4.26. The molecular formula is C10H12BrNO3. The molecule has 4 nitrogen and oxygen atoms in total. The average molecular weight is 274 g/mol. The summed E-state index contributed by atoms with van der Waals surface area (Å²) in [5, 5.41) is 8.73. The van der Waals surface area contributed by atoms with Gasteiger partial charge in [-0.05, 0) is 17.2 Å². The highest BCUT2D eigenvalue weighted by molar-refractivity contribution is 9.10. The molecule has 1 atom stereocenters. The number of carbonyl (C=O) groups is 1. The van der Waals surface area contributed by atoms with Crippen molar-refractivity contribution in [2.24, 2.45) is 5.73 Å². The first kappa shape index (κ1) is 12.2. The number of nitrogens with two attached hydrogens (primary N) is 1. The fraction of sp³-hybridized carbons (Fsp3) is 0.300. The number of halogens is 1. The zero-order chi connectivity index (χ0) is 11.4. The van der Waals surface area contributed by atoms with E-state index >= 15 is 0 Å². The predicted octanol–water partition coefficient (Wildman–Crippen LogP) is 1.68. The van der Waals surface area contributed by atoms with E-state index < -0.39 is 12.0 Å². The topological polar surface area (TPSA) is 72.5 Å². The molecule has 0 aliphatic carbocycles. The van der Waals surface area contributed by atoms with Crippen LogP contribution in [0.2, 0.25) is 0 Å². The van der Waals surface area contributed by atoms with Crippen molar-refractivity contribution in [1.29, 1.82) is 0 Å². The Morgan fingerprint density at radius 1 is 1.67 bits per heavy atom. The zero-order valence-electron chi connectivity index (χ0n) is 8.24. The molecule has 1 rings (SSSR count). The van der Waals surface area contributed by atoms with E-state index in [0.29, 0.717) is 12.2 Å². The molecule has 0 spiro atoms. The van der Waals surface area contributed by atoms with Gasteiger partial charge in [-0.3, -0.25) is 4.79 Å². The fourth-order valence-electron chi connectivity index (χ4n) is 1.17. The minimum Gasteiger partial charge on any atom is -0.480 e. The predicted molar refractivity (Wildman–Crippen MR) is 59.4 cm³/mol. The number of methoxy groups -OCH3 is 1. The normalized spacial score (nSPS) is 12.5. The summed E-state index contributed by atoms with van der Waals surface area (Å²) in [7, 11) is 1.60. The summed E-state index contributed by atoms with van der Waals surface area (Å²) in [6, 6.07) is 4.20. The monoisotopic (exact) mass is 273 g/mol. The summed E-state index contributed by atoms with van der Waals surface area (Å²) in [5.41, 5.74) is 7.00. The van der Waals surface area contributed by atoms with Gasteiger partial charge in [0.1, 0.15) is 6.04 Å². The molecule has 1 unspecified atom stereocenters. The van der Waals surface area contributed by atoms with E-state index in [2.05, 4.69) is 15.9 Å². The number of rotatable bonds is 4. The van der Waals surface area contributed by atoms with E-state index in [1.807, 2.05) is 0 Å². The van der Waals surface area contributed by atoms with Crippen LogP contribution >= 0.6 is 15.9 Å². The number of carboxylic acid groups (broad SMARTS) is 1. The minimum atomic E-state index is -1.04. The van der Waals surface area contributed by atoms with Gasteiger partial charge in [0.05, 0.1) is 6.61 Å². The first-order valence-corrected chi connectivity index (χ1v) is 5.11. The maximum atomic E-state index is 10.7. The van der Waals surface area contributed by atoms with Crippen molar-refractivity contribution in [2.75, 3.05) is 7.11 Å². The van der Waals surface area contributed by atoms with Crippen molar-refractivity contribution in [3.63, 3.8) is 0 Å². The van der Waals surface area contributed by atoms with Crippen LogP contribution in [0.3, 0.4) is 0 Å². The molecule has 1 aromatic carbocycles. The third-order valence-corrected chi connectivity index (χ3v) is 2.74. The maximum absolute atomic E-state index is 10.7. The summed E-state index contributed by atoms with van der Waals surface area (Å²) in [5.74, 6) is -1.04. The lowest BCUT2D eigenvalue weighted by atomic mass is 10.1. The summed E-state index contributed by atoms with van der Waals surface area (Å²) in [6.07, 6.45) is 0. The summed E-state index contributed by atoms with van der Waals surface area (Å²) < 4.78 is 5.78. The summed E-state index contributed by atoms with van der Waals surface area (Å²) in [6.45, 7) is 0.475. The Bertz CT molecular complexity index is 368. The molecule has 0 saturated heterocycles. The van der Waals surface area contributed by atoms with Gasteiger partial charge in [-0.2, -0.15) is 0 Å². The van der Waals surface area contributed by atoms with Gasteiger partial charge in [-0.15, -0.1) is 0 Å². The Labute approximate surface area is 96.2 Å². The first-order valence-electron chi connectivity index (χ1n) is 4.32. The number of ether oxygens (including phenoxy) is 1. The highest BCUT2D eigenvalue weighted by atomic mass is 79.9. The van der Waals surface area contributed by atoms with Crippen molar-refractivity contribution in [3.05, 3.63) is 33.8 Å². The van der Waals surface area contributed by atoms with Gasteiger partial charge in [-0.1, -0.05) is 28.1 Å². The van der Waals surface area contributed by atoms with Crippen LogP contribution in [0.1, 0.15) is 17.2 Å². The van der Waals surface area contributed by atoms with Crippen LogP contribution < -0.4 is 5.73 Å². The number of hydrogen-bond donors (Lipinski definition) is 2. The molecule has 0 aromatic heterocycles. The second-order valence-corrected chi connectivity index (χ2v) is 3.95. The Morgan fingerprint density at radius 3 is 2.80 bits per heavy atom. The Morgan fingerprint density at radius 2 is 2.33 bits per heavy atom. The first-order chi connectivity index (χ1) is 7.06. The molecule has 0 heterocycles. The van der Waals surface area contributed by atoms with Crippen molar-refractivity contribution < 1.29 is 14.6 Å². The van der Waals surface area contributed by atoms with Crippen molar-refractivity contribution in [3.8, 4) is 0 Å². The van der Waals surface area contributed by atoms with E-state index in [1.165, 1.54) is 0 Å². The molecule has 0 bridgehead atoms. The van der Waals surface area contributed by atoms with Crippen LogP contribution in [0.25, 0.3) is 0 Å². The molecule has 82 valence electrons. The van der Waals surface area contributed by atoms with Gasteiger partial charge in [0.2, 0.25) is 0 Å². The molecule has 0 fully saturated rings. The number of hydrogen-bond acceptors (Lipinski definition) is 3. The van der Waals surface area contributed by atoms with Gasteiger partial charge in [0.15, 0.2) is 0 Å². The summed E-state index contributed by atoms with van der Waals surface area (Å²) in [4.78, 5) is 10.7. The number of benzene rings is 1. The minimum absolute atomic E-state index is 0.475. The van der Waals surface area contributed by atoms with Crippen LogP contribution in [0.5, 0.6) is 0 Å². The quantitative estimate of drug-likeness (QED) is 0.876. The van der Waals surface area contributed by atoms with Crippen molar-refractivity contribution >= 4 is 21.9 Å². The molecule has 5 heteroatoms. The zero-order valence-corrected chi connectivity index (χ0v) is 9.82. The van der Waals surface area contributed by atoms with Crippen LogP contribution in [-0.2, 0) is 16.1 Å². The SMILES string of the molecule is COCc1ccc(C(N)C(=O)O)cc1Br. The van der Waals surface area contributed by atoms with Crippen LogP contribution in [-0.4, -0.2) is 18.2 Å². The van der Waals surface area contributed by atoms with Gasteiger partial charge in [0.25, 0.3) is 0 Å². The molecule has 15 heavy (non-hydrogen) atoms. The van der Waals surface area contributed by atoms with E-state index in [9.17, 15) is 4.79 Å². The Balaban J connectivity index is 2.95. The highest BCUT2D eigenvalue weighted by Gasteiger charge is 2.15. The van der Waals surface area contributed by atoms with Crippen molar-refractivity contribution in [2.45, 2.75) is 12.6 Å². The molecule has 0 radical (unpaired) electrons. The third kappa shape index (κ3) is 3.02. The van der Waals surface area contributed by atoms with Crippen LogP contribution in [0.4, 0.5) is 0 Å².